The zero-order valence-corrected chi connectivity index (χ0v) is 9.66. The van der Waals surface area contributed by atoms with Crippen LogP contribution in [0.4, 0.5) is 0 Å². The summed E-state index contributed by atoms with van der Waals surface area (Å²) in [6, 6.07) is 0. The first-order valence-corrected chi connectivity index (χ1v) is 5.37. The molecule has 0 bridgehead atoms. The van der Waals surface area contributed by atoms with Crippen LogP contribution in [-0.4, -0.2) is 0 Å². The summed E-state index contributed by atoms with van der Waals surface area (Å²) in [6.45, 7) is 10.9. The van der Waals surface area contributed by atoms with Gasteiger partial charge in [-0.15, -0.1) is 11.8 Å². The molecule has 0 saturated carbocycles. The molecule has 0 N–H and O–H groups in total. The van der Waals surface area contributed by atoms with Crippen LogP contribution in [-0.2, 0) is 0 Å². The predicted octanol–water partition coefficient (Wildman–Crippen LogP) is 4.59. The van der Waals surface area contributed by atoms with E-state index in [0.717, 1.165) is 0 Å². The van der Waals surface area contributed by atoms with Gasteiger partial charge in [-0.3, -0.25) is 0 Å². The second-order valence-electron chi connectivity index (χ2n) is 3.66. The summed E-state index contributed by atoms with van der Waals surface area (Å²) in [7, 11) is 0. The van der Waals surface area contributed by atoms with Gasteiger partial charge >= 0.3 is 0 Å². The van der Waals surface area contributed by atoms with Crippen LogP contribution in [0.5, 0.6) is 0 Å². The van der Waals surface area contributed by atoms with E-state index < -0.39 is 0 Å². The van der Waals surface area contributed by atoms with E-state index in [2.05, 4.69) is 52.2 Å². The van der Waals surface area contributed by atoms with Crippen LogP contribution in [0.15, 0.2) is 22.5 Å². The Bertz CT molecular complexity index is 175. The molecule has 1 heteroatoms. The van der Waals surface area contributed by atoms with Crippen LogP contribution < -0.4 is 0 Å². The third-order valence-corrected chi connectivity index (χ3v) is 2.97. The van der Waals surface area contributed by atoms with Crippen LogP contribution >= 0.6 is 11.8 Å². The zero-order valence-electron chi connectivity index (χ0n) is 8.85. The third kappa shape index (κ3) is 5.48. The molecule has 0 spiro atoms. The largest absolute Gasteiger partial charge is 0.103 e. The average molecular weight is 184 g/mol. The van der Waals surface area contributed by atoms with Gasteiger partial charge in [0.1, 0.15) is 0 Å². The molecule has 0 unspecified atom stereocenters. The first kappa shape index (κ1) is 11.8. The summed E-state index contributed by atoms with van der Waals surface area (Å²) in [5, 5.41) is 2.19. The number of allylic oxidation sites excluding steroid dienone is 3. The molecule has 0 aromatic heterocycles. The maximum absolute atomic E-state index is 2.28. The fourth-order valence-corrected chi connectivity index (χ4v) is 1.30. The highest BCUT2D eigenvalue weighted by Crippen LogP contribution is 2.25. The Kier molecular flexibility index (Phi) is 5.39. The Hall–Kier alpha value is -0.170. The molecule has 0 aromatic carbocycles. The molecule has 0 aliphatic heterocycles. The highest BCUT2D eigenvalue weighted by atomic mass is 32.2. The molecule has 0 atom stereocenters. The van der Waals surface area contributed by atoms with Crippen molar-refractivity contribution in [2.24, 2.45) is 5.41 Å². The van der Waals surface area contributed by atoms with Crippen molar-refractivity contribution in [3.05, 3.63) is 22.5 Å². The average Bonchev–Trinajstić information content (AvgIpc) is 2.04. The van der Waals surface area contributed by atoms with E-state index in [1.807, 2.05) is 0 Å². The lowest BCUT2D eigenvalue weighted by Crippen LogP contribution is -2.03. The van der Waals surface area contributed by atoms with Crippen molar-refractivity contribution in [1.29, 1.82) is 0 Å². The monoisotopic (exact) mass is 184 g/mol. The molecule has 0 aliphatic rings. The Labute approximate surface area is 81.1 Å². The third-order valence-electron chi connectivity index (χ3n) is 2.09. The van der Waals surface area contributed by atoms with Crippen molar-refractivity contribution >= 4 is 11.8 Å². The smallest absolute Gasteiger partial charge is 0.0169 e. The summed E-state index contributed by atoms with van der Waals surface area (Å²) in [6.07, 6.45) is 5.61. The number of hydrogen-bond donors (Lipinski definition) is 0. The van der Waals surface area contributed by atoms with Gasteiger partial charge in [-0.05, 0) is 36.0 Å². The molecule has 0 aliphatic carbocycles. The molecule has 0 amide bonds. The fourth-order valence-electron chi connectivity index (χ4n) is 0.511. The lowest BCUT2D eigenvalue weighted by molar-refractivity contribution is 0.463. The quantitative estimate of drug-likeness (QED) is 0.615. The van der Waals surface area contributed by atoms with E-state index in [-0.39, 0.29) is 0 Å². The molecular weight excluding hydrogens is 164 g/mol. The van der Waals surface area contributed by atoms with E-state index in [1.165, 1.54) is 11.3 Å². The van der Waals surface area contributed by atoms with E-state index >= 15 is 0 Å². The van der Waals surface area contributed by atoms with Gasteiger partial charge in [0.25, 0.3) is 0 Å². The summed E-state index contributed by atoms with van der Waals surface area (Å²) in [4.78, 5) is 1.36. The molecular formula is C11H20S. The first-order chi connectivity index (χ1) is 5.52. The molecule has 0 saturated heterocycles. The van der Waals surface area contributed by atoms with Crippen molar-refractivity contribution < 1.29 is 0 Å². The minimum absolute atomic E-state index is 0.348. The summed E-state index contributed by atoms with van der Waals surface area (Å²) < 4.78 is 0. The normalized spacial score (nSPS) is 14.2. The second-order valence-corrected chi connectivity index (χ2v) is 4.81. The highest BCUT2D eigenvalue weighted by Gasteiger charge is 2.08. The highest BCUT2D eigenvalue weighted by molar-refractivity contribution is 8.05. The van der Waals surface area contributed by atoms with Gasteiger partial charge in [0.2, 0.25) is 0 Å². The molecule has 0 nitrogen and oxygen atoms in total. The van der Waals surface area contributed by atoms with Gasteiger partial charge in [-0.2, -0.15) is 0 Å². The van der Waals surface area contributed by atoms with Crippen molar-refractivity contribution in [2.75, 3.05) is 0 Å². The van der Waals surface area contributed by atoms with Gasteiger partial charge < -0.3 is 0 Å². The number of hydrogen-bond acceptors (Lipinski definition) is 1. The molecule has 0 heterocycles. The maximum atomic E-state index is 2.28. The van der Waals surface area contributed by atoms with Crippen LogP contribution in [0, 0.1) is 5.41 Å². The Balaban J connectivity index is 3.92. The Morgan fingerprint density at radius 3 is 2.42 bits per heavy atom. The van der Waals surface area contributed by atoms with Gasteiger partial charge in [-0.25, -0.2) is 0 Å². The van der Waals surface area contributed by atoms with E-state index in [1.54, 1.807) is 11.8 Å². The van der Waals surface area contributed by atoms with Gasteiger partial charge in [0.15, 0.2) is 0 Å². The van der Waals surface area contributed by atoms with Crippen molar-refractivity contribution in [3.8, 4) is 0 Å². The lowest BCUT2D eigenvalue weighted by Gasteiger charge is -2.16. The standard InChI is InChI=1S/C11H20S/c1-6-10(3)12-9-8-11(4,5)7-2/h6,8-9H,7H2,1-5H3/b9-8-,10-6?. The van der Waals surface area contributed by atoms with Crippen LogP contribution in [0.3, 0.4) is 0 Å². The summed E-state index contributed by atoms with van der Waals surface area (Å²) >= 11 is 1.80. The first-order valence-electron chi connectivity index (χ1n) is 4.49. The molecule has 0 fully saturated rings. The number of rotatable bonds is 4. The summed E-state index contributed by atoms with van der Waals surface area (Å²) in [5.74, 6) is 0. The van der Waals surface area contributed by atoms with Crippen molar-refractivity contribution in [3.63, 3.8) is 0 Å². The molecule has 12 heavy (non-hydrogen) atoms. The van der Waals surface area contributed by atoms with Gasteiger partial charge in [0, 0.05) is 0 Å². The van der Waals surface area contributed by atoms with Crippen LogP contribution in [0.1, 0.15) is 41.0 Å². The molecule has 70 valence electrons. The van der Waals surface area contributed by atoms with E-state index in [0.29, 0.717) is 5.41 Å². The molecule has 0 rings (SSSR count). The maximum Gasteiger partial charge on any atom is -0.0169 e. The predicted molar refractivity (Wildman–Crippen MR) is 60.2 cm³/mol. The van der Waals surface area contributed by atoms with Crippen LogP contribution in [0.25, 0.3) is 0 Å². The Morgan fingerprint density at radius 1 is 1.42 bits per heavy atom. The fraction of sp³-hybridized carbons (Fsp3) is 0.636. The van der Waals surface area contributed by atoms with Crippen molar-refractivity contribution in [1.82, 2.24) is 0 Å². The van der Waals surface area contributed by atoms with Gasteiger partial charge in [-0.1, -0.05) is 32.9 Å². The van der Waals surface area contributed by atoms with E-state index in [9.17, 15) is 0 Å². The van der Waals surface area contributed by atoms with Gasteiger partial charge in [0.05, 0.1) is 0 Å². The topological polar surface area (TPSA) is 0 Å². The molecule has 0 aromatic rings. The Morgan fingerprint density at radius 2 is 2.00 bits per heavy atom. The summed E-state index contributed by atoms with van der Waals surface area (Å²) in [5.41, 5.74) is 0.348. The van der Waals surface area contributed by atoms with Crippen LogP contribution in [0.2, 0.25) is 0 Å². The second kappa shape index (κ2) is 5.47. The minimum Gasteiger partial charge on any atom is -0.103 e. The molecule has 0 radical (unpaired) electrons. The number of thioether (sulfide) groups is 1. The lowest BCUT2D eigenvalue weighted by atomic mass is 9.91. The van der Waals surface area contributed by atoms with Crippen molar-refractivity contribution in [2.45, 2.75) is 41.0 Å². The van der Waals surface area contributed by atoms with E-state index in [4.69, 9.17) is 0 Å². The SMILES string of the molecule is CC=C(C)S/C=C\C(C)(C)CC. The minimum atomic E-state index is 0.348. The zero-order chi connectivity index (χ0) is 9.61.